The Bertz CT molecular complexity index is 829. The first-order valence-electron chi connectivity index (χ1n) is 6.78. The first-order chi connectivity index (χ1) is 10.6. The van der Waals surface area contributed by atoms with Crippen molar-refractivity contribution in [2.24, 2.45) is 0 Å². The molecule has 0 radical (unpaired) electrons. The number of aryl methyl sites for hydroxylation is 1. The highest BCUT2D eigenvalue weighted by Crippen LogP contribution is 2.24. The van der Waals surface area contributed by atoms with E-state index in [1.54, 1.807) is 0 Å². The van der Waals surface area contributed by atoms with Crippen molar-refractivity contribution in [3.63, 3.8) is 0 Å². The molecule has 0 N–H and O–H groups in total. The first-order valence-corrected chi connectivity index (χ1v) is 7.97. The number of thiophene rings is 1. The van der Waals surface area contributed by atoms with E-state index in [0.29, 0.717) is 10.4 Å². The van der Waals surface area contributed by atoms with E-state index in [1.807, 2.05) is 18.2 Å². The predicted octanol–water partition coefficient (Wildman–Crippen LogP) is 4.32. The van der Waals surface area contributed by atoms with Crippen LogP contribution in [-0.2, 0) is 6.42 Å². The van der Waals surface area contributed by atoms with E-state index in [9.17, 15) is 4.79 Å². The average Bonchev–Trinajstić information content (AvgIpc) is 2.95. The number of carbonyl (C=O) groups is 1. The summed E-state index contributed by atoms with van der Waals surface area (Å²) in [5.74, 6) is -0.133. The lowest BCUT2D eigenvalue weighted by Crippen LogP contribution is -2.01. The fourth-order valence-electron chi connectivity index (χ4n) is 2.22. The van der Waals surface area contributed by atoms with Gasteiger partial charge in [-0.25, -0.2) is 9.97 Å². The molecule has 22 heavy (non-hydrogen) atoms. The Balaban J connectivity index is 1.82. The molecule has 1 aromatic carbocycles. The highest BCUT2D eigenvalue weighted by atomic mass is 35.5. The predicted molar refractivity (Wildman–Crippen MR) is 88.8 cm³/mol. The van der Waals surface area contributed by atoms with Crippen molar-refractivity contribution < 1.29 is 4.79 Å². The van der Waals surface area contributed by atoms with Gasteiger partial charge < -0.3 is 0 Å². The number of benzene rings is 1. The highest BCUT2D eigenvalue weighted by molar-refractivity contribution is 7.14. The van der Waals surface area contributed by atoms with Crippen molar-refractivity contribution in [3.8, 4) is 0 Å². The van der Waals surface area contributed by atoms with Gasteiger partial charge in [0.05, 0.1) is 10.4 Å². The van der Waals surface area contributed by atoms with Gasteiger partial charge in [0.25, 0.3) is 0 Å². The highest BCUT2D eigenvalue weighted by Gasteiger charge is 2.16. The lowest BCUT2D eigenvalue weighted by Gasteiger charge is -2.01. The number of halogens is 1. The number of hydrogen-bond acceptors (Lipinski definition) is 4. The molecule has 0 aliphatic heterocycles. The molecular weight excluding hydrogens is 316 g/mol. The smallest absolute Gasteiger partial charge is 0.207 e. The lowest BCUT2D eigenvalue weighted by atomic mass is 10.1. The molecule has 110 valence electrons. The summed E-state index contributed by atoms with van der Waals surface area (Å²) in [6, 6.07) is 12.2. The van der Waals surface area contributed by atoms with Gasteiger partial charge in [-0.1, -0.05) is 41.4 Å². The molecule has 0 spiro atoms. The average molecular weight is 329 g/mol. The maximum absolute atomic E-state index is 12.4. The van der Waals surface area contributed by atoms with Crippen molar-refractivity contribution >= 4 is 28.7 Å². The van der Waals surface area contributed by atoms with Gasteiger partial charge in [-0.05, 0) is 24.6 Å². The zero-order chi connectivity index (χ0) is 15.5. The molecular formula is C17H13ClN2OS. The largest absolute Gasteiger partial charge is 0.288 e. The van der Waals surface area contributed by atoms with Gasteiger partial charge in [0, 0.05) is 17.5 Å². The molecule has 0 fully saturated rings. The van der Waals surface area contributed by atoms with Crippen LogP contribution in [0.15, 0.2) is 48.9 Å². The van der Waals surface area contributed by atoms with E-state index in [2.05, 4.69) is 35.1 Å². The van der Waals surface area contributed by atoms with Crippen LogP contribution in [0.4, 0.5) is 0 Å². The third-order valence-electron chi connectivity index (χ3n) is 3.25. The van der Waals surface area contributed by atoms with Crippen molar-refractivity contribution in [1.82, 2.24) is 9.97 Å². The minimum atomic E-state index is -0.133. The molecule has 0 unspecified atom stereocenters. The summed E-state index contributed by atoms with van der Waals surface area (Å²) in [6.07, 6.45) is 3.60. The van der Waals surface area contributed by atoms with Crippen LogP contribution in [-0.4, -0.2) is 15.8 Å². The third kappa shape index (κ3) is 3.24. The van der Waals surface area contributed by atoms with Gasteiger partial charge in [0.15, 0.2) is 0 Å². The van der Waals surface area contributed by atoms with Crippen molar-refractivity contribution in [3.05, 3.63) is 80.5 Å². The molecule has 3 nitrogen and oxygen atoms in total. The Morgan fingerprint density at radius 3 is 2.91 bits per heavy atom. The maximum atomic E-state index is 12.4. The second-order valence-electron chi connectivity index (χ2n) is 4.99. The van der Waals surface area contributed by atoms with Crippen molar-refractivity contribution in [1.29, 1.82) is 0 Å². The van der Waals surface area contributed by atoms with Gasteiger partial charge in [-0.3, -0.25) is 4.79 Å². The molecule has 0 atom stereocenters. The van der Waals surface area contributed by atoms with E-state index in [4.69, 9.17) is 11.6 Å². The first kappa shape index (κ1) is 14.9. The lowest BCUT2D eigenvalue weighted by molar-refractivity contribution is 0.104. The van der Waals surface area contributed by atoms with Crippen LogP contribution in [0.3, 0.4) is 0 Å². The molecule has 2 aromatic heterocycles. The Kier molecular flexibility index (Phi) is 4.32. The van der Waals surface area contributed by atoms with E-state index in [-0.39, 0.29) is 10.9 Å². The zero-order valence-corrected chi connectivity index (χ0v) is 13.5. The fraction of sp³-hybridized carbons (Fsp3) is 0.118. The second-order valence-corrected chi connectivity index (χ2v) is 6.51. The van der Waals surface area contributed by atoms with Crippen LogP contribution in [0.5, 0.6) is 0 Å². The Labute approximate surface area is 137 Å². The molecule has 2 heterocycles. The number of hydrogen-bond donors (Lipinski definition) is 0. The number of aromatic nitrogens is 2. The standard InChI is InChI=1S/C17H13ClN2OS/c1-11-3-2-4-12(7-11)8-13-5-6-15(22-13)16(21)14-9-19-10-20-17(14)18/h2-7,9-10H,8H2,1H3. The van der Waals surface area contributed by atoms with Crippen LogP contribution in [0.25, 0.3) is 0 Å². The Hall–Kier alpha value is -2.04. The summed E-state index contributed by atoms with van der Waals surface area (Å²) < 4.78 is 0. The second kappa shape index (κ2) is 6.38. The summed E-state index contributed by atoms with van der Waals surface area (Å²) in [6.45, 7) is 2.07. The molecule has 0 aliphatic carbocycles. The van der Waals surface area contributed by atoms with Gasteiger partial charge in [0.2, 0.25) is 5.78 Å². The van der Waals surface area contributed by atoms with Crippen molar-refractivity contribution in [2.75, 3.05) is 0 Å². The van der Waals surface area contributed by atoms with Gasteiger partial charge in [-0.2, -0.15) is 0 Å². The topological polar surface area (TPSA) is 42.9 Å². The summed E-state index contributed by atoms with van der Waals surface area (Å²) >= 11 is 7.44. The minimum absolute atomic E-state index is 0.133. The van der Waals surface area contributed by atoms with Crippen LogP contribution < -0.4 is 0 Å². The zero-order valence-electron chi connectivity index (χ0n) is 11.9. The van der Waals surface area contributed by atoms with E-state index < -0.39 is 0 Å². The molecule has 0 bridgehead atoms. The normalized spacial score (nSPS) is 10.6. The SMILES string of the molecule is Cc1cccc(Cc2ccc(C(=O)c3cncnc3Cl)s2)c1. The minimum Gasteiger partial charge on any atom is -0.288 e. The quantitative estimate of drug-likeness (QED) is 0.529. The van der Waals surface area contributed by atoms with E-state index in [0.717, 1.165) is 11.3 Å². The number of rotatable bonds is 4. The molecule has 0 aliphatic rings. The molecule has 0 saturated heterocycles. The molecule has 0 amide bonds. The fourth-order valence-corrected chi connectivity index (χ4v) is 3.39. The summed E-state index contributed by atoms with van der Waals surface area (Å²) in [4.78, 5) is 21.9. The molecule has 5 heteroatoms. The van der Waals surface area contributed by atoms with Crippen LogP contribution in [0.2, 0.25) is 5.15 Å². The maximum Gasteiger partial charge on any atom is 0.207 e. The Morgan fingerprint density at radius 2 is 2.14 bits per heavy atom. The van der Waals surface area contributed by atoms with E-state index in [1.165, 1.54) is 35.0 Å². The number of ketones is 1. The van der Waals surface area contributed by atoms with Crippen LogP contribution in [0.1, 0.15) is 31.2 Å². The van der Waals surface area contributed by atoms with Crippen molar-refractivity contribution in [2.45, 2.75) is 13.3 Å². The number of carbonyl (C=O) groups excluding carboxylic acids is 1. The molecule has 3 rings (SSSR count). The van der Waals surface area contributed by atoms with Gasteiger partial charge in [-0.15, -0.1) is 11.3 Å². The monoisotopic (exact) mass is 328 g/mol. The molecule has 0 saturated carbocycles. The van der Waals surface area contributed by atoms with Crippen LogP contribution >= 0.6 is 22.9 Å². The molecule has 3 aromatic rings. The Morgan fingerprint density at radius 1 is 1.27 bits per heavy atom. The van der Waals surface area contributed by atoms with E-state index >= 15 is 0 Å². The van der Waals surface area contributed by atoms with Crippen LogP contribution in [0, 0.1) is 6.92 Å². The van der Waals surface area contributed by atoms with Gasteiger partial charge >= 0.3 is 0 Å². The summed E-state index contributed by atoms with van der Waals surface area (Å²) in [5, 5.41) is 0.189. The summed E-state index contributed by atoms with van der Waals surface area (Å²) in [7, 11) is 0. The summed E-state index contributed by atoms with van der Waals surface area (Å²) in [5.41, 5.74) is 2.81. The third-order valence-corrected chi connectivity index (χ3v) is 4.64. The van der Waals surface area contributed by atoms with Gasteiger partial charge in [0.1, 0.15) is 11.5 Å². The number of nitrogens with zero attached hydrogens (tertiary/aromatic N) is 2.